The van der Waals surface area contributed by atoms with Gasteiger partial charge in [-0.25, -0.2) is 0 Å². The summed E-state index contributed by atoms with van der Waals surface area (Å²) in [6.45, 7) is 1.49. The van der Waals surface area contributed by atoms with Crippen molar-refractivity contribution in [3.63, 3.8) is 0 Å². The van der Waals surface area contributed by atoms with Gasteiger partial charge in [0.25, 0.3) is 0 Å². The summed E-state index contributed by atoms with van der Waals surface area (Å²) in [4.78, 5) is 11.2. The Bertz CT molecular complexity index is 524. The zero-order chi connectivity index (χ0) is 15.7. The minimum Gasteiger partial charge on any atom is -0.388 e. The Morgan fingerprint density at radius 1 is 1.23 bits per heavy atom. The van der Waals surface area contributed by atoms with Crippen molar-refractivity contribution in [1.29, 1.82) is 0 Å². The first-order valence-electron chi connectivity index (χ1n) is 7.17. The van der Waals surface area contributed by atoms with E-state index in [9.17, 15) is 15.0 Å². The van der Waals surface area contributed by atoms with Gasteiger partial charge in [-0.15, -0.1) is 0 Å². The van der Waals surface area contributed by atoms with Gasteiger partial charge in [0.1, 0.15) is 24.4 Å². The van der Waals surface area contributed by atoms with Crippen LogP contribution >= 0.6 is 0 Å². The maximum Gasteiger partial charge on any atom is 0.217 e. The zero-order valence-electron chi connectivity index (χ0n) is 12.1. The Morgan fingerprint density at radius 2 is 1.95 bits per heavy atom. The van der Waals surface area contributed by atoms with Crippen LogP contribution in [0.15, 0.2) is 30.3 Å². The van der Waals surface area contributed by atoms with E-state index < -0.39 is 36.9 Å². The summed E-state index contributed by atoms with van der Waals surface area (Å²) >= 11 is 0. The highest BCUT2D eigenvalue weighted by atomic mass is 16.7. The van der Waals surface area contributed by atoms with E-state index in [0.717, 1.165) is 5.56 Å². The van der Waals surface area contributed by atoms with Gasteiger partial charge in [-0.1, -0.05) is 30.3 Å². The second-order valence-corrected chi connectivity index (χ2v) is 5.46. The van der Waals surface area contributed by atoms with E-state index in [2.05, 4.69) is 5.32 Å². The lowest BCUT2D eigenvalue weighted by atomic mass is 9.96. The van der Waals surface area contributed by atoms with Crippen molar-refractivity contribution in [2.45, 2.75) is 43.9 Å². The molecule has 7 heteroatoms. The third kappa shape index (κ3) is 2.99. The number of nitrogens with one attached hydrogen (secondary N) is 1. The van der Waals surface area contributed by atoms with Gasteiger partial charge >= 0.3 is 0 Å². The smallest absolute Gasteiger partial charge is 0.217 e. The molecular weight excluding hydrogens is 290 g/mol. The van der Waals surface area contributed by atoms with Gasteiger partial charge in [0.2, 0.25) is 5.91 Å². The minimum atomic E-state index is -1.30. The molecule has 6 atom stereocenters. The van der Waals surface area contributed by atoms with Crippen LogP contribution in [0.3, 0.4) is 0 Å². The fourth-order valence-electron chi connectivity index (χ4n) is 2.78. The van der Waals surface area contributed by atoms with Crippen molar-refractivity contribution in [3.8, 4) is 0 Å². The van der Waals surface area contributed by atoms with Crippen LogP contribution in [0.5, 0.6) is 0 Å². The standard InChI is InChI=1S/C15H19NO6/c1-8(17)16-11-12(18)13-10(21-14(11)19)7-20-15(22-13)9-5-3-2-4-6-9/h2-6,10-15,18-19H,7H2,1H3,(H,16,17)/t10-,11-,12?,13-,14?,15?/m1/s1. The summed E-state index contributed by atoms with van der Waals surface area (Å²) in [7, 11) is 0. The number of hydrogen-bond donors (Lipinski definition) is 3. The Balaban J connectivity index is 1.75. The molecule has 2 aliphatic heterocycles. The number of fused-ring (bicyclic) bond motifs is 1. The topological polar surface area (TPSA) is 97.3 Å². The van der Waals surface area contributed by atoms with Gasteiger partial charge in [-0.05, 0) is 0 Å². The van der Waals surface area contributed by atoms with Crippen LogP contribution in [0.25, 0.3) is 0 Å². The Hall–Kier alpha value is -1.51. The molecule has 3 N–H and O–H groups in total. The number of amides is 1. The summed E-state index contributed by atoms with van der Waals surface area (Å²) in [6, 6.07) is 8.41. The third-order valence-corrected chi connectivity index (χ3v) is 3.83. The second kappa shape index (κ2) is 6.31. The molecule has 22 heavy (non-hydrogen) atoms. The number of carbonyl (C=O) groups is 1. The fraction of sp³-hybridized carbons (Fsp3) is 0.533. The zero-order valence-corrected chi connectivity index (χ0v) is 12.1. The van der Waals surface area contributed by atoms with Crippen LogP contribution in [0.1, 0.15) is 18.8 Å². The lowest BCUT2D eigenvalue weighted by Crippen LogP contribution is -2.66. The largest absolute Gasteiger partial charge is 0.388 e. The van der Waals surface area contributed by atoms with Crippen LogP contribution in [0.4, 0.5) is 0 Å². The van der Waals surface area contributed by atoms with Crippen molar-refractivity contribution in [1.82, 2.24) is 5.32 Å². The van der Waals surface area contributed by atoms with E-state index in [1.165, 1.54) is 6.92 Å². The molecule has 120 valence electrons. The second-order valence-electron chi connectivity index (χ2n) is 5.46. The number of hydrogen-bond acceptors (Lipinski definition) is 6. The molecule has 1 amide bonds. The third-order valence-electron chi connectivity index (χ3n) is 3.83. The molecule has 3 rings (SSSR count). The molecular formula is C15H19NO6. The van der Waals surface area contributed by atoms with E-state index in [1.54, 1.807) is 0 Å². The van der Waals surface area contributed by atoms with E-state index in [0.29, 0.717) is 0 Å². The molecule has 2 heterocycles. The Kier molecular flexibility index (Phi) is 4.42. The monoisotopic (exact) mass is 309 g/mol. The highest BCUT2D eigenvalue weighted by molar-refractivity contribution is 5.73. The van der Waals surface area contributed by atoms with Gasteiger partial charge in [0.05, 0.1) is 6.61 Å². The summed E-state index contributed by atoms with van der Waals surface area (Å²) in [5.41, 5.74) is 0.829. The summed E-state index contributed by atoms with van der Waals surface area (Å²) in [6.07, 6.45) is -4.29. The molecule has 0 bridgehead atoms. The van der Waals surface area contributed by atoms with Crippen molar-refractivity contribution in [3.05, 3.63) is 35.9 Å². The molecule has 2 saturated heterocycles. The van der Waals surface area contributed by atoms with Crippen LogP contribution in [-0.4, -0.2) is 53.4 Å². The van der Waals surface area contributed by atoms with Gasteiger partial charge in [-0.2, -0.15) is 0 Å². The number of benzene rings is 1. The van der Waals surface area contributed by atoms with E-state index in [-0.39, 0.29) is 12.5 Å². The predicted molar refractivity (Wildman–Crippen MR) is 74.5 cm³/mol. The fourth-order valence-corrected chi connectivity index (χ4v) is 2.78. The van der Waals surface area contributed by atoms with Gasteiger partial charge < -0.3 is 29.7 Å². The number of aliphatic hydroxyl groups is 2. The lowest BCUT2D eigenvalue weighted by Gasteiger charge is -2.46. The van der Waals surface area contributed by atoms with Gasteiger partial charge in [0, 0.05) is 12.5 Å². The van der Waals surface area contributed by atoms with Crippen molar-refractivity contribution in [2.24, 2.45) is 0 Å². The van der Waals surface area contributed by atoms with Gasteiger partial charge in [0.15, 0.2) is 12.6 Å². The maximum atomic E-state index is 11.2. The molecule has 2 aliphatic rings. The van der Waals surface area contributed by atoms with Crippen LogP contribution < -0.4 is 5.32 Å². The normalized spacial score (nSPS) is 38.1. The Morgan fingerprint density at radius 3 is 2.64 bits per heavy atom. The average molecular weight is 309 g/mol. The molecule has 1 aromatic carbocycles. The number of carbonyl (C=O) groups excluding carboxylic acids is 1. The maximum absolute atomic E-state index is 11.2. The van der Waals surface area contributed by atoms with Crippen molar-refractivity contribution < 1.29 is 29.2 Å². The lowest BCUT2D eigenvalue weighted by molar-refractivity contribution is -0.337. The predicted octanol–water partition coefficient (Wildman–Crippen LogP) is -0.317. The Labute approximate surface area is 127 Å². The molecule has 0 radical (unpaired) electrons. The average Bonchev–Trinajstić information content (AvgIpc) is 2.52. The number of rotatable bonds is 2. The molecule has 0 spiro atoms. The molecule has 7 nitrogen and oxygen atoms in total. The first-order valence-corrected chi connectivity index (χ1v) is 7.17. The molecule has 0 saturated carbocycles. The van der Waals surface area contributed by atoms with E-state index in [4.69, 9.17) is 14.2 Å². The molecule has 3 unspecified atom stereocenters. The molecule has 1 aromatic rings. The number of aliphatic hydroxyl groups excluding tert-OH is 2. The molecule has 2 fully saturated rings. The van der Waals surface area contributed by atoms with Crippen LogP contribution in [-0.2, 0) is 19.0 Å². The summed E-state index contributed by atoms with van der Waals surface area (Å²) in [5, 5.41) is 22.8. The first-order chi connectivity index (χ1) is 10.6. The highest BCUT2D eigenvalue weighted by Crippen LogP contribution is 2.33. The first kappa shape index (κ1) is 15.4. The number of ether oxygens (including phenoxy) is 3. The van der Waals surface area contributed by atoms with Crippen LogP contribution in [0.2, 0.25) is 0 Å². The van der Waals surface area contributed by atoms with Crippen molar-refractivity contribution >= 4 is 5.91 Å². The minimum absolute atomic E-state index is 0.186. The van der Waals surface area contributed by atoms with E-state index >= 15 is 0 Å². The van der Waals surface area contributed by atoms with Gasteiger partial charge in [-0.3, -0.25) is 4.79 Å². The molecule has 0 aliphatic carbocycles. The highest BCUT2D eigenvalue weighted by Gasteiger charge is 2.49. The summed E-state index contributed by atoms with van der Waals surface area (Å²) in [5.74, 6) is -0.364. The van der Waals surface area contributed by atoms with Crippen molar-refractivity contribution in [2.75, 3.05) is 6.61 Å². The quantitative estimate of drug-likeness (QED) is 0.693. The SMILES string of the molecule is CC(=O)N[C@H]1C(O)O[C@@H]2COC(c3ccccc3)O[C@H]2C1O. The van der Waals surface area contributed by atoms with Crippen LogP contribution in [0, 0.1) is 0 Å². The summed E-state index contributed by atoms with van der Waals surface area (Å²) < 4.78 is 16.8. The van der Waals surface area contributed by atoms with E-state index in [1.807, 2.05) is 30.3 Å². The molecule has 0 aromatic heterocycles.